The van der Waals surface area contributed by atoms with Crippen LogP contribution in [0.15, 0.2) is 0 Å². The fourth-order valence-corrected chi connectivity index (χ4v) is 3.99. The Morgan fingerprint density at radius 1 is 0.404 bits per heavy atom. The van der Waals surface area contributed by atoms with Gasteiger partial charge >= 0.3 is 23.9 Å². The van der Waals surface area contributed by atoms with Crippen molar-refractivity contribution in [3.05, 3.63) is 0 Å². The van der Waals surface area contributed by atoms with E-state index in [1.165, 1.54) is 0 Å². The molecule has 16 heteroatoms. The highest BCUT2D eigenvalue weighted by Gasteiger charge is 2.13. The number of rotatable bonds is 35. The van der Waals surface area contributed by atoms with Crippen molar-refractivity contribution in [3.63, 3.8) is 0 Å². The summed E-state index contributed by atoms with van der Waals surface area (Å²) in [6.45, 7) is 7.30. The highest BCUT2D eigenvalue weighted by molar-refractivity contribution is 5.71. The maximum Gasteiger partial charge on any atom is 0.307 e. The standard InChI is InChI=1S/C31H61N5O11/c37-21-3-18-36(19-8-30(42)46-26-4-24-44-28(40)6-14-32-10-1-12-34-16-22-38)20-9-31(43)47-27-5-25-45-29(41)7-15-33-11-2-13-35-17-23-39/h32-35,37-39H,1-27H2. The number of aliphatic hydroxyl groups is 3. The van der Waals surface area contributed by atoms with Gasteiger partial charge in [0.15, 0.2) is 0 Å². The second-order valence-corrected chi connectivity index (χ2v) is 10.7. The molecule has 0 saturated carbocycles. The molecular formula is C31H61N5O11. The van der Waals surface area contributed by atoms with Gasteiger partial charge in [0.2, 0.25) is 0 Å². The van der Waals surface area contributed by atoms with E-state index in [9.17, 15) is 24.3 Å². The molecular weight excluding hydrogens is 618 g/mol. The van der Waals surface area contributed by atoms with Crippen molar-refractivity contribution in [1.82, 2.24) is 26.2 Å². The van der Waals surface area contributed by atoms with Crippen molar-refractivity contribution in [1.29, 1.82) is 0 Å². The van der Waals surface area contributed by atoms with Gasteiger partial charge in [-0.3, -0.25) is 19.2 Å². The number of hydrogen-bond acceptors (Lipinski definition) is 16. The predicted molar refractivity (Wildman–Crippen MR) is 175 cm³/mol. The summed E-state index contributed by atoms with van der Waals surface area (Å²) < 4.78 is 20.7. The molecule has 0 aromatic rings. The van der Waals surface area contributed by atoms with Crippen LogP contribution in [0.2, 0.25) is 0 Å². The van der Waals surface area contributed by atoms with Gasteiger partial charge in [-0.05, 0) is 45.4 Å². The predicted octanol–water partition coefficient (Wildman–Crippen LogP) is -1.69. The van der Waals surface area contributed by atoms with Gasteiger partial charge in [0.1, 0.15) is 0 Å². The number of hydrogen-bond donors (Lipinski definition) is 7. The molecule has 0 fully saturated rings. The van der Waals surface area contributed by atoms with Gasteiger partial charge in [-0.15, -0.1) is 0 Å². The lowest BCUT2D eigenvalue weighted by molar-refractivity contribution is -0.147. The van der Waals surface area contributed by atoms with E-state index in [1.807, 2.05) is 4.90 Å². The number of carbonyl (C=O) groups is 4. The average molecular weight is 680 g/mol. The summed E-state index contributed by atoms with van der Waals surface area (Å²) in [5, 5.41) is 39.0. The SMILES string of the molecule is O=C(CCNCCCNCCO)OCCCOC(=O)CCN(CCCO)CCC(=O)OCCCOC(=O)CCNCCCNCCO. The molecule has 7 N–H and O–H groups in total. The average Bonchev–Trinajstić information content (AvgIpc) is 3.06. The minimum Gasteiger partial charge on any atom is -0.466 e. The van der Waals surface area contributed by atoms with E-state index < -0.39 is 11.9 Å². The van der Waals surface area contributed by atoms with Crippen LogP contribution in [0.5, 0.6) is 0 Å². The highest BCUT2D eigenvalue weighted by atomic mass is 16.6. The van der Waals surface area contributed by atoms with Crippen molar-refractivity contribution >= 4 is 23.9 Å². The van der Waals surface area contributed by atoms with Gasteiger partial charge in [0.05, 0.1) is 65.3 Å². The van der Waals surface area contributed by atoms with Gasteiger partial charge in [-0.2, -0.15) is 0 Å². The number of esters is 4. The first-order valence-electron chi connectivity index (χ1n) is 16.9. The molecule has 0 aliphatic heterocycles. The normalized spacial score (nSPS) is 11.1. The maximum atomic E-state index is 12.2. The molecule has 0 aromatic carbocycles. The lowest BCUT2D eigenvalue weighted by Gasteiger charge is -2.21. The Hall–Kier alpha value is -2.44. The second-order valence-electron chi connectivity index (χ2n) is 10.7. The van der Waals surface area contributed by atoms with Crippen LogP contribution < -0.4 is 21.3 Å². The van der Waals surface area contributed by atoms with Crippen LogP contribution in [-0.4, -0.2) is 162 Å². The number of aliphatic hydroxyl groups excluding tert-OH is 3. The van der Waals surface area contributed by atoms with Crippen molar-refractivity contribution in [2.24, 2.45) is 0 Å². The lowest BCUT2D eigenvalue weighted by Crippen LogP contribution is -2.31. The molecule has 0 heterocycles. The van der Waals surface area contributed by atoms with Gasteiger partial charge in [-0.25, -0.2) is 0 Å². The molecule has 0 aliphatic carbocycles. The topological polar surface area (TPSA) is 217 Å². The lowest BCUT2D eigenvalue weighted by atomic mass is 10.3. The number of ether oxygens (including phenoxy) is 4. The number of nitrogens with one attached hydrogen (secondary N) is 4. The zero-order chi connectivity index (χ0) is 34.6. The van der Waals surface area contributed by atoms with Gasteiger partial charge in [0, 0.05) is 65.3 Å². The third-order valence-corrected chi connectivity index (χ3v) is 6.53. The third kappa shape index (κ3) is 33.3. The first-order valence-corrected chi connectivity index (χ1v) is 16.9. The summed E-state index contributed by atoms with van der Waals surface area (Å²) in [4.78, 5) is 49.8. The Balaban J connectivity index is 3.86. The first-order chi connectivity index (χ1) is 22.9. The van der Waals surface area contributed by atoms with Crippen LogP contribution in [0.3, 0.4) is 0 Å². The Morgan fingerprint density at radius 2 is 0.766 bits per heavy atom. The summed E-state index contributed by atoms with van der Waals surface area (Å²) in [6, 6.07) is 0. The Labute approximate surface area is 279 Å². The number of nitrogens with zero attached hydrogens (tertiary/aromatic N) is 1. The highest BCUT2D eigenvalue weighted by Crippen LogP contribution is 2.01. The van der Waals surface area contributed by atoms with Crippen LogP contribution in [-0.2, 0) is 38.1 Å². The first kappa shape index (κ1) is 44.6. The van der Waals surface area contributed by atoms with E-state index in [2.05, 4.69) is 21.3 Å². The molecule has 47 heavy (non-hydrogen) atoms. The van der Waals surface area contributed by atoms with Crippen LogP contribution >= 0.6 is 0 Å². The van der Waals surface area contributed by atoms with E-state index in [0.29, 0.717) is 65.1 Å². The zero-order valence-corrected chi connectivity index (χ0v) is 28.1. The molecule has 0 amide bonds. The largest absolute Gasteiger partial charge is 0.466 e. The van der Waals surface area contributed by atoms with Crippen LogP contribution in [0.4, 0.5) is 0 Å². The Kier molecular flexibility index (Phi) is 33.1. The van der Waals surface area contributed by atoms with Gasteiger partial charge < -0.3 is 60.4 Å². The molecule has 16 nitrogen and oxygen atoms in total. The summed E-state index contributed by atoms with van der Waals surface area (Å²) in [6.07, 6.45) is 3.79. The molecule has 0 aliphatic rings. The molecule has 0 unspecified atom stereocenters. The molecule has 0 bridgehead atoms. The van der Waals surface area contributed by atoms with Crippen LogP contribution in [0.25, 0.3) is 0 Å². The molecule has 276 valence electrons. The van der Waals surface area contributed by atoms with Crippen molar-refractivity contribution in [2.45, 2.75) is 57.8 Å². The molecule has 0 spiro atoms. The van der Waals surface area contributed by atoms with E-state index in [4.69, 9.17) is 29.2 Å². The van der Waals surface area contributed by atoms with Gasteiger partial charge in [-0.1, -0.05) is 0 Å². The molecule has 0 aromatic heterocycles. The van der Waals surface area contributed by atoms with Crippen LogP contribution in [0.1, 0.15) is 57.8 Å². The minimum absolute atomic E-state index is 0.0131. The third-order valence-electron chi connectivity index (χ3n) is 6.53. The fourth-order valence-electron chi connectivity index (χ4n) is 3.99. The van der Waals surface area contributed by atoms with Crippen molar-refractivity contribution < 1.29 is 53.4 Å². The van der Waals surface area contributed by atoms with Crippen molar-refractivity contribution in [3.8, 4) is 0 Å². The van der Waals surface area contributed by atoms with E-state index in [1.54, 1.807) is 0 Å². The van der Waals surface area contributed by atoms with E-state index in [0.717, 1.165) is 39.0 Å². The minimum atomic E-state index is -0.401. The van der Waals surface area contributed by atoms with E-state index >= 15 is 0 Å². The smallest absolute Gasteiger partial charge is 0.307 e. The summed E-state index contributed by atoms with van der Waals surface area (Å²) in [7, 11) is 0. The quantitative estimate of drug-likeness (QED) is 0.0226. The van der Waals surface area contributed by atoms with E-state index in [-0.39, 0.29) is 83.9 Å². The maximum absolute atomic E-state index is 12.2. The summed E-state index contributed by atoms with van der Waals surface area (Å²) in [5.41, 5.74) is 0. The molecule has 0 rings (SSSR count). The van der Waals surface area contributed by atoms with Crippen LogP contribution in [0, 0.1) is 0 Å². The fraction of sp³-hybridized carbons (Fsp3) is 0.871. The number of carbonyl (C=O) groups excluding carboxylic acids is 4. The molecule has 0 radical (unpaired) electrons. The summed E-state index contributed by atoms with van der Waals surface area (Å²) in [5.74, 6) is -1.44. The summed E-state index contributed by atoms with van der Waals surface area (Å²) >= 11 is 0. The van der Waals surface area contributed by atoms with Crippen molar-refractivity contribution in [2.75, 3.05) is 118 Å². The Morgan fingerprint density at radius 3 is 1.13 bits per heavy atom. The second kappa shape index (κ2) is 34.9. The molecule has 0 atom stereocenters. The van der Waals surface area contributed by atoms with Gasteiger partial charge in [0.25, 0.3) is 0 Å². The molecule has 0 saturated heterocycles. The zero-order valence-electron chi connectivity index (χ0n) is 28.1. The monoisotopic (exact) mass is 679 g/mol. The Bertz CT molecular complexity index is 722.